The number of hydrogen-bond donors (Lipinski definition) is 1. The summed E-state index contributed by atoms with van der Waals surface area (Å²) in [6.45, 7) is 4.73. The molecular weight excluding hydrogens is 242 g/mol. The van der Waals surface area contributed by atoms with Crippen molar-refractivity contribution >= 4 is 11.6 Å². The number of nitrogens with one attached hydrogen (secondary N) is 1. The van der Waals surface area contributed by atoms with Crippen LogP contribution in [-0.2, 0) is 6.42 Å². The molecule has 96 valence electrons. The molecular formula is C16H20ClN. The van der Waals surface area contributed by atoms with Crippen LogP contribution in [0.5, 0.6) is 0 Å². The molecule has 0 spiro atoms. The molecule has 2 aliphatic carbocycles. The highest BCUT2D eigenvalue weighted by Gasteiger charge is 2.44. The van der Waals surface area contributed by atoms with Crippen LogP contribution in [0.25, 0.3) is 0 Å². The summed E-state index contributed by atoms with van der Waals surface area (Å²) in [5, 5.41) is 4.67. The normalized spacial score (nSPS) is 34.2. The van der Waals surface area contributed by atoms with Gasteiger partial charge in [-0.05, 0) is 53.7 Å². The predicted octanol–water partition coefficient (Wildman–Crippen LogP) is 3.86. The van der Waals surface area contributed by atoms with E-state index >= 15 is 0 Å². The van der Waals surface area contributed by atoms with Crippen molar-refractivity contribution in [1.82, 2.24) is 5.32 Å². The molecule has 0 unspecified atom stereocenters. The van der Waals surface area contributed by atoms with E-state index in [1.807, 2.05) is 0 Å². The molecule has 1 saturated carbocycles. The van der Waals surface area contributed by atoms with Crippen molar-refractivity contribution in [3.8, 4) is 0 Å². The van der Waals surface area contributed by atoms with Crippen LogP contribution in [0.1, 0.15) is 54.7 Å². The maximum atomic E-state index is 6.68. The summed E-state index contributed by atoms with van der Waals surface area (Å²) in [5.41, 5.74) is 4.87. The molecule has 1 nitrogen and oxygen atoms in total. The maximum absolute atomic E-state index is 6.68. The molecule has 1 N–H and O–H groups in total. The van der Waals surface area contributed by atoms with Crippen LogP contribution in [-0.4, -0.2) is 13.1 Å². The fourth-order valence-electron chi connectivity index (χ4n) is 3.97. The van der Waals surface area contributed by atoms with E-state index < -0.39 is 0 Å². The van der Waals surface area contributed by atoms with Crippen LogP contribution in [0.3, 0.4) is 0 Å². The van der Waals surface area contributed by atoms with E-state index in [1.165, 1.54) is 48.9 Å². The summed E-state index contributed by atoms with van der Waals surface area (Å²) in [4.78, 5) is 0. The van der Waals surface area contributed by atoms with Crippen LogP contribution in [0, 0.1) is 5.41 Å². The third-order valence-electron chi connectivity index (χ3n) is 5.37. The monoisotopic (exact) mass is 261 g/mol. The standard InChI is InChI=1S/C16H20ClN/c1-16-7-6-13-12(14(16)8-18-9-16)5-4-11(15(13)17)10-2-3-10/h4-5,10,14,18H,2-3,6-9H2,1H3/t14-,16-/m1/s1. The van der Waals surface area contributed by atoms with E-state index in [9.17, 15) is 0 Å². The summed E-state index contributed by atoms with van der Waals surface area (Å²) in [7, 11) is 0. The number of benzene rings is 1. The third kappa shape index (κ3) is 1.50. The smallest absolute Gasteiger partial charge is 0.0475 e. The third-order valence-corrected chi connectivity index (χ3v) is 5.81. The Kier molecular flexibility index (Phi) is 2.35. The van der Waals surface area contributed by atoms with Gasteiger partial charge in [0, 0.05) is 24.0 Å². The van der Waals surface area contributed by atoms with Crippen molar-refractivity contribution in [3.05, 3.63) is 33.8 Å². The van der Waals surface area contributed by atoms with E-state index in [0.717, 1.165) is 17.5 Å². The summed E-state index contributed by atoms with van der Waals surface area (Å²) < 4.78 is 0. The van der Waals surface area contributed by atoms with Gasteiger partial charge < -0.3 is 5.32 Å². The molecule has 1 aromatic rings. The summed E-state index contributed by atoms with van der Waals surface area (Å²) >= 11 is 6.68. The number of hydrogen-bond acceptors (Lipinski definition) is 1. The van der Waals surface area contributed by atoms with Crippen molar-refractivity contribution < 1.29 is 0 Å². The molecule has 2 heteroatoms. The number of halogens is 1. The Morgan fingerprint density at radius 2 is 2.06 bits per heavy atom. The molecule has 0 aromatic heterocycles. The molecule has 1 saturated heterocycles. The molecule has 0 bridgehead atoms. The summed E-state index contributed by atoms with van der Waals surface area (Å²) in [6, 6.07) is 4.69. The topological polar surface area (TPSA) is 12.0 Å². The lowest BCUT2D eigenvalue weighted by Crippen LogP contribution is -2.30. The van der Waals surface area contributed by atoms with Gasteiger partial charge in [-0.15, -0.1) is 0 Å². The molecule has 1 heterocycles. The van der Waals surface area contributed by atoms with E-state index in [0.29, 0.717) is 11.3 Å². The summed E-state index contributed by atoms with van der Waals surface area (Å²) in [5.74, 6) is 1.44. The molecule has 1 aliphatic heterocycles. The first-order valence-electron chi connectivity index (χ1n) is 7.21. The highest BCUT2D eigenvalue weighted by molar-refractivity contribution is 6.32. The maximum Gasteiger partial charge on any atom is 0.0475 e. The van der Waals surface area contributed by atoms with Gasteiger partial charge in [-0.3, -0.25) is 0 Å². The minimum Gasteiger partial charge on any atom is -0.316 e. The second-order valence-electron chi connectivity index (χ2n) is 6.65. The Morgan fingerprint density at radius 1 is 1.28 bits per heavy atom. The van der Waals surface area contributed by atoms with Crippen LogP contribution < -0.4 is 5.32 Å². The lowest BCUT2D eigenvalue weighted by Gasteiger charge is -2.37. The Bertz CT molecular complexity index is 506. The molecule has 3 aliphatic rings. The number of fused-ring (bicyclic) bond motifs is 3. The molecule has 4 rings (SSSR count). The van der Waals surface area contributed by atoms with Gasteiger partial charge in [-0.2, -0.15) is 0 Å². The van der Waals surface area contributed by atoms with Crippen LogP contribution in [0.4, 0.5) is 0 Å². The lowest BCUT2D eigenvalue weighted by molar-refractivity contribution is 0.277. The average molecular weight is 262 g/mol. The van der Waals surface area contributed by atoms with Crippen molar-refractivity contribution in [2.75, 3.05) is 13.1 Å². The predicted molar refractivity (Wildman–Crippen MR) is 75.5 cm³/mol. The van der Waals surface area contributed by atoms with Gasteiger partial charge in [0.2, 0.25) is 0 Å². The molecule has 0 amide bonds. The fraction of sp³-hybridized carbons (Fsp3) is 0.625. The van der Waals surface area contributed by atoms with Crippen molar-refractivity contribution in [1.29, 1.82) is 0 Å². The zero-order chi connectivity index (χ0) is 12.3. The minimum atomic E-state index is 0.456. The van der Waals surface area contributed by atoms with Gasteiger partial charge in [0.25, 0.3) is 0 Å². The largest absolute Gasteiger partial charge is 0.316 e. The van der Waals surface area contributed by atoms with Crippen LogP contribution >= 0.6 is 11.6 Å². The molecule has 0 radical (unpaired) electrons. The van der Waals surface area contributed by atoms with Gasteiger partial charge >= 0.3 is 0 Å². The van der Waals surface area contributed by atoms with Crippen LogP contribution in [0.2, 0.25) is 5.02 Å². The second-order valence-corrected chi connectivity index (χ2v) is 7.03. The van der Waals surface area contributed by atoms with Gasteiger partial charge in [0.1, 0.15) is 0 Å². The molecule has 2 fully saturated rings. The van der Waals surface area contributed by atoms with E-state index in [4.69, 9.17) is 11.6 Å². The molecule has 1 aromatic carbocycles. The Labute approximate surface area is 114 Å². The van der Waals surface area contributed by atoms with Crippen molar-refractivity contribution in [2.24, 2.45) is 5.41 Å². The van der Waals surface area contributed by atoms with E-state index in [1.54, 1.807) is 0 Å². The average Bonchev–Trinajstić information content (AvgIpc) is 3.10. The summed E-state index contributed by atoms with van der Waals surface area (Å²) in [6.07, 6.45) is 5.12. The van der Waals surface area contributed by atoms with Gasteiger partial charge in [0.15, 0.2) is 0 Å². The highest BCUT2D eigenvalue weighted by Crippen LogP contribution is 2.52. The Hall–Kier alpha value is -0.530. The van der Waals surface area contributed by atoms with Crippen molar-refractivity contribution in [2.45, 2.75) is 44.4 Å². The Morgan fingerprint density at radius 3 is 2.83 bits per heavy atom. The first kappa shape index (κ1) is 11.3. The van der Waals surface area contributed by atoms with Gasteiger partial charge in [-0.25, -0.2) is 0 Å². The Balaban J connectivity index is 1.82. The first-order valence-corrected chi connectivity index (χ1v) is 7.59. The number of rotatable bonds is 1. The lowest BCUT2D eigenvalue weighted by atomic mass is 9.67. The zero-order valence-electron chi connectivity index (χ0n) is 10.9. The zero-order valence-corrected chi connectivity index (χ0v) is 11.7. The quantitative estimate of drug-likeness (QED) is 0.810. The SMILES string of the molecule is C[C@]12CCc3c(ccc(C4CC4)c3Cl)[C@H]1CNC2. The fourth-order valence-corrected chi connectivity index (χ4v) is 4.40. The molecule has 2 atom stereocenters. The van der Waals surface area contributed by atoms with Gasteiger partial charge in [-0.1, -0.05) is 30.7 Å². The highest BCUT2D eigenvalue weighted by atomic mass is 35.5. The second kappa shape index (κ2) is 3.74. The first-order chi connectivity index (χ1) is 8.69. The van der Waals surface area contributed by atoms with Crippen molar-refractivity contribution in [3.63, 3.8) is 0 Å². The van der Waals surface area contributed by atoms with Gasteiger partial charge in [0.05, 0.1) is 0 Å². The van der Waals surface area contributed by atoms with E-state index in [-0.39, 0.29) is 0 Å². The van der Waals surface area contributed by atoms with Crippen LogP contribution in [0.15, 0.2) is 12.1 Å². The van der Waals surface area contributed by atoms with E-state index in [2.05, 4.69) is 24.4 Å². The minimum absolute atomic E-state index is 0.456. The molecule has 18 heavy (non-hydrogen) atoms.